The van der Waals surface area contributed by atoms with Crippen LogP contribution in [0, 0.1) is 0 Å². The largest absolute Gasteiger partial charge is 0.497 e. The molecule has 4 N–H and O–H groups in total. The average Bonchev–Trinajstić information content (AvgIpc) is 2.87. The number of amides is 2. The standard InChI is InChI=1S/C23H23N3O8S/c1-33-19-10-11-21(18(14-19)12-16-6-3-2-4-7-16)35(31,32)25-26(30)23(28)17-8-5-9-20(13-17)34-15-22(27)24-29/h2-11,13-14,25,29-30H,12,15H2,1H3,(H,24,27). The molecule has 0 spiro atoms. The predicted molar refractivity (Wildman–Crippen MR) is 122 cm³/mol. The number of rotatable bonds is 10. The van der Waals surface area contributed by atoms with E-state index < -0.39 is 28.4 Å². The minimum Gasteiger partial charge on any atom is -0.497 e. The Bertz CT molecular complexity index is 1300. The van der Waals surface area contributed by atoms with E-state index in [0.29, 0.717) is 11.3 Å². The van der Waals surface area contributed by atoms with E-state index in [-0.39, 0.29) is 27.8 Å². The molecular weight excluding hydrogens is 478 g/mol. The number of carbonyl (C=O) groups is 2. The van der Waals surface area contributed by atoms with Crippen LogP contribution >= 0.6 is 0 Å². The summed E-state index contributed by atoms with van der Waals surface area (Å²) in [5.41, 5.74) is 2.51. The first-order valence-corrected chi connectivity index (χ1v) is 11.6. The molecule has 0 fully saturated rings. The number of hydrogen-bond donors (Lipinski definition) is 4. The summed E-state index contributed by atoms with van der Waals surface area (Å²) in [6, 6.07) is 18.8. The molecule has 0 saturated carbocycles. The monoisotopic (exact) mass is 501 g/mol. The number of hydrazine groups is 1. The van der Waals surface area contributed by atoms with Crippen molar-refractivity contribution in [2.24, 2.45) is 0 Å². The molecule has 35 heavy (non-hydrogen) atoms. The molecule has 0 aliphatic carbocycles. The predicted octanol–water partition coefficient (Wildman–Crippen LogP) is 1.90. The maximum atomic E-state index is 13.1. The van der Waals surface area contributed by atoms with Gasteiger partial charge in [0.25, 0.3) is 21.8 Å². The fraction of sp³-hybridized carbons (Fsp3) is 0.130. The van der Waals surface area contributed by atoms with Gasteiger partial charge in [-0.3, -0.25) is 20.0 Å². The molecule has 0 unspecified atom stereocenters. The molecule has 0 aliphatic heterocycles. The lowest BCUT2D eigenvalue weighted by Gasteiger charge is -2.18. The summed E-state index contributed by atoms with van der Waals surface area (Å²) in [6.45, 7) is -0.523. The van der Waals surface area contributed by atoms with Gasteiger partial charge in [-0.25, -0.2) is 13.9 Å². The second-order valence-corrected chi connectivity index (χ2v) is 8.83. The molecule has 0 atom stereocenters. The van der Waals surface area contributed by atoms with E-state index in [1.807, 2.05) is 35.2 Å². The van der Waals surface area contributed by atoms with Crippen LogP contribution < -0.4 is 19.8 Å². The van der Waals surface area contributed by atoms with Gasteiger partial charge in [-0.1, -0.05) is 41.2 Å². The van der Waals surface area contributed by atoms with Gasteiger partial charge in [-0.15, -0.1) is 5.17 Å². The van der Waals surface area contributed by atoms with Crippen molar-refractivity contribution in [3.8, 4) is 11.5 Å². The quantitative estimate of drug-likeness (QED) is 0.243. The van der Waals surface area contributed by atoms with E-state index in [1.54, 1.807) is 6.07 Å². The van der Waals surface area contributed by atoms with E-state index in [0.717, 1.165) is 5.56 Å². The van der Waals surface area contributed by atoms with Crippen molar-refractivity contribution in [2.45, 2.75) is 11.3 Å². The number of sulfonamides is 1. The van der Waals surface area contributed by atoms with E-state index in [1.165, 1.54) is 49.0 Å². The zero-order chi connectivity index (χ0) is 25.4. The van der Waals surface area contributed by atoms with Gasteiger partial charge in [0.2, 0.25) is 0 Å². The zero-order valence-corrected chi connectivity index (χ0v) is 19.4. The number of benzene rings is 3. The first-order valence-electron chi connectivity index (χ1n) is 10.2. The van der Waals surface area contributed by atoms with Crippen LogP contribution in [0.4, 0.5) is 0 Å². The first-order chi connectivity index (χ1) is 16.7. The lowest BCUT2D eigenvalue weighted by molar-refractivity contribution is -0.131. The van der Waals surface area contributed by atoms with Crippen LogP contribution in [0.15, 0.2) is 77.7 Å². The SMILES string of the molecule is COc1ccc(S(=O)(=O)NN(O)C(=O)c2cccc(OCC(=O)NO)c2)c(Cc2ccccc2)c1. The molecule has 3 rings (SSSR count). The summed E-state index contributed by atoms with van der Waals surface area (Å²) in [7, 11) is -2.93. The summed E-state index contributed by atoms with van der Waals surface area (Å²) in [5, 5.41) is 18.6. The Kier molecular flexibility index (Phi) is 8.39. The van der Waals surface area contributed by atoms with Crippen LogP contribution in [0.5, 0.6) is 11.5 Å². The Morgan fingerprint density at radius 1 is 0.971 bits per heavy atom. The van der Waals surface area contributed by atoms with Crippen molar-refractivity contribution >= 4 is 21.8 Å². The molecule has 12 heteroatoms. The molecule has 3 aromatic rings. The van der Waals surface area contributed by atoms with Gasteiger partial charge < -0.3 is 9.47 Å². The van der Waals surface area contributed by atoms with Gasteiger partial charge in [-0.2, -0.15) is 0 Å². The summed E-state index contributed by atoms with van der Waals surface area (Å²) >= 11 is 0. The van der Waals surface area contributed by atoms with E-state index in [4.69, 9.17) is 14.7 Å². The van der Waals surface area contributed by atoms with Gasteiger partial charge in [0.15, 0.2) is 6.61 Å². The molecule has 0 radical (unpaired) electrons. The summed E-state index contributed by atoms with van der Waals surface area (Å²) in [5.74, 6) is -1.39. The van der Waals surface area contributed by atoms with E-state index in [2.05, 4.69) is 0 Å². The Morgan fingerprint density at radius 2 is 1.71 bits per heavy atom. The molecule has 0 bridgehead atoms. The summed E-state index contributed by atoms with van der Waals surface area (Å²) in [6.07, 6.45) is 0.258. The topological polar surface area (TPSA) is 154 Å². The Balaban J connectivity index is 1.81. The summed E-state index contributed by atoms with van der Waals surface area (Å²) in [4.78, 5) is 25.4. The van der Waals surface area contributed by atoms with E-state index in [9.17, 15) is 23.2 Å². The zero-order valence-electron chi connectivity index (χ0n) is 18.5. The second kappa shape index (κ2) is 11.4. The molecular formula is C23H23N3O8S. The van der Waals surface area contributed by atoms with Crippen LogP contribution in [0.2, 0.25) is 0 Å². The highest BCUT2D eigenvalue weighted by Gasteiger charge is 2.25. The molecule has 2 amide bonds. The molecule has 0 aliphatic rings. The Morgan fingerprint density at radius 3 is 2.40 bits per heavy atom. The molecule has 3 aromatic carbocycles. The Labute approximate surface area is 201 Å². The maximum Gasteiger partial charge on any atom is 0.293 e. The Hall–Kier alpha value is -3.97. The van der Waals surface area contributed by atoms with Gasteiger partial charge in [0, 0.05) is 5.56 Å². The normalized spacial score (nSPS) is 10.9. The molecule has 0 heterocycles. The number of nitrogens with zero attached hydrogens (tertiary/aromatic N) is 1. The fourth-order valence-electron chi connectivity index (χ4n) is 3.13. The maximum absolute atomic E-state index is 13.1. The van der Waals surface area contributed by atoms with Gasteiger partial charge in [-0.05, 0) is 53.9 Å². The number of ether oxygens (including phenoxy) is 2. The smallest absolute Gasteiger partial charge is 0.293 e. The molecule has 11 nitrogen and oxygen atoms in total. The molecule has 0 saturated heterocycles. The van der Waals surface area contributed by atoms with Crippen molar-refractivity contribution < 1.29 is 37.9 Å². The number of methoxy groups -OCH3 is 1. The lowest BCUT2D eigenvalue weighted by atomic mass is 10.0. The van der Waals surface area contributed by atoms with Gasteiger partial charge in [0.1, 0.15) is 11.5 Å². The number of hydrogen-bond acceptors (Lipinski definition) is 8. The third-order valence-electron chi connectivity index (χ3n) is 4.77. The van der Waals surface area contributed by atoms with Gasteiger partial charge >= 0.3 is 0 Å². The number of hydroxylamine groups is 2. The van der Waals surface area contributed by atoms with Crippen molar-refractivity contribution in [1.29, 1.82) is 0 Å². The van der Waals surface area contributed by atoms with E-state index >= 15 is 0 Å². The summed E-state index contributed by atoms with van der Waals surface area (Å²) < 4.78 is 36.5. The third-order valence-corrected chi connectivity index (χ3v) is 6.16. The third kappa shape index (κ3) is 6.77. The lowest BCUT2D eigenvalue weighted by Crippen LogP contribution is -2.44. The molecule has 184 valence electrons. The van der Waals surface area contributed by atoms with Crippen molar-refractivity contribution in [2.75, 3.05) is 13.7 Å². The highest BCUT2D eigenvalue weighted by atomic mass is 32.2. The van der Waals surface area contributed by atoms with Crippen molar-refractivity contribution in [3.05, 3.63) is 89.5 Å². The van der Waals surface area contributed by atoms with Crippen LogP contribution in [0.1, 0.15) is 21.5 Å². The number of carbonyl (C=O) groups excluding carboxylic acids is 2. The second-order valence-electron chi connectivity index (χ2n) is 7.20. The van der Waals surface area contributed by atoms with Crippen LogP contribution in [0.25, 0.3) is 0 Å². The van der Waals surface area contributed by atoms with Crippen molar-refractivity contribution in [1.82, 2.24) is 15.5 Å². The minimum absolute atomic E-state index is 0.0796. The van der Waals surface area contributed by atoms with Crippen LogP contribution in [0.3, 0.4) is 0 Å². The van der Waals surface area contributed by atoms with Gasteiger partial charge in [0.05, 0.1) is 12.0 Å². The van der Waals surface area contributed by atoms with Crippen molar-refractivity contribution in [3.63, 3.8) is 0 Å². The molecule has 0 aromatic heterocycles. The van der Waals surface area contributed by atoms with Crippen LogP contribution in [-0.4, -0.2) is 49.5 Å². The van der Waals surface area contributed by atoms with Crippen LogP contribution in [-0.2, 0) is 21.2 Å². The average molecular weight is 502 g/mol. The highest BCUT2D eigenvalue weighted by Crippen LogP contribution is 2.25. The highest BCUT2D eigenvalue weighted by molar-refractivity contribution is 7.89. The number of nitrogens with one attached hydrogen (secondary N) is 2. The fourth-order valence-corrected chi connectivity index (χ4v) is 4.26. The first kappa shape index (κ1) is 25.6. The minimum atomic E-state index is -4.39.